The predicted molar refractivity (Wildman–Crippen MR) is 108 cm³/mol. The lowest BCUT2D eigenvalue weighted by atomic mass is 9.49. The summed E-state index contributed by atoms with van der Waals surface area (Å²) in [6, 6.07) is 1.19. The van der Waals surface area contributed by atoms with Crippen molar-refractivity contribution in [2.75, 3.05) is 6.61 Å². The zero-order valence-electron chi connectivity index (χ0n) is 17.8. The van der Waals surface area contributed by atoms with Crippen molar-refractivity contribution >= 4 is 5.97 Å². The Bertz CT molecular complexity index is 947. The molecule has 2 saturated carbocycles. The van der Waals surface area contributed by atoms with E-state index in [-0.39, 0.29) is 40.4 Å². The first-order chi connectivity index (χ1) is 13.9. The minimum Gasteiger partial charge on any atom is -0.504 e. The number of rotatable bonds is 3. The smallest absolute Gasteiger partial charge is 0.342 e. The van der Waals surface area contributed by atoms with Crippen LogP contribution in [0.15, 0.2) is 17.2 Å². The molecule has 0 spiro atoms. The number of hydrogen-bond acceptors (Lipinski definition) is 7. The minimum atomic E-state index is -0.819. The van der Waals surface area contributed by atoms with Crippen LogP contribution in [0.2, 0.25) is 0 Å². The normalized spacial score (nSPS) is 34.2. The highest BCUT2D eigenvalue weighted by Gasteiger charge is 2.63. The number of hydrogen-bond donors (Lipinski definition) is 5. The Morgan fingerprint density at radius 1 is 1.13 bits per heavy atom. The molecule has 1 aromatic carbocycles. The number of esters is 1. The molecule has 5 N–H and O–H groups in total. The summed E-state index contributed by atoms with van der Waals surface area (Å²) in [6.07, 6.45) is 1.04. The van der Waals surface area contributed by atoms with Gasteiger partial charge in [0.15, 0.2) is 11.5 Å². The molecule has 3 aliphatic carbocycles. The van der Waals surface area contributed by atoms with Crippen LogP contribution >= 0.6 is 0 Å². The van der Waals surface area contributed by atoms with Gasteiger partial charge in [0, 0.05) is 0 Å². The molecule has 0 bridgehead atoms. The van der Waals surface area contributed by atoms with Gasteiger partial charge in [-0.15, -0.1) is 0 Å². The molecule has 164 valence electrons. The van der Waals surface area contributed by atoms with Gasteiger partial charge in [0.05, 0.1) is 12.7 Å². The van der Waals surface area contributed by atoms with Crippen LogP contribution in [0.25, 0.3) is 0 Å². The summed E-state index contributed by atoms with van der Waals surface area (Å²) >= 11 is 0. The van der Waals surface area contributed by atoms with Gasteiger partial charge in [0.25, 0.3) is 0 Å². The molecule has 1 aromatic rings. The highest BCUT2D eigenvalue weighted by molar-refractivity contribution is 5.96. The Morgan fingerprint density at radius 2 is 1.80 bits per heavy atom. The number of benzene rings is 1. The number of aryl methyl sites for hydroxylation is 1. The number of phenolic OH excluding ortho intramolecular Hbond substituents is 3. The van der Waals surface area contributed by atoms with Crippen LogP contribution in [0.5, 0.6) is 17.2 Å². The highest BCUT2D eigenvalue weighted by atomic mass is 16.5. The van der Waals surface area contributed by atoms with Crippen molar-refractivity contribution < 1.29 is 35.1 Å². The van der Waals surface area contributed by atoms with Gasteiger partial charge in [0.2, 0.25) is 5.75 Å². The van der Waals surface area contributed by atoms with Gasteiger partial charge in [0.1, 0.15) is 11.7 Å². The van der Waals surface area contributed by atoms with Crippen LogP contribution in [0.4, 0.5) is 0 Å². The number of fused-ring (bicyclic) bond motifs is 3. The molecule has 7 nitrogen and oxygen atoms in total. The van der Waals surface area contributed by atoms with E-state index in [1.165, 1.54) is 13.0 Å². The molecule has 5 unspecified atom stereocenters. The van der Waals surface area contributed by atoms with E-state index in [4.69, 9.17) is 4.74 Å². The van der Waals surface area contributed by atoms with Crippen molar-refractivity contribution in [3.8, 4) is 17.2 Å². The fourth-order valence-corrected chi connectivity index (χ4v) is 6.31. The number of ether oxygens (including phenoxy) is 1. The standard InChI is InChI=1S/C23H30O7/c1-10-5-14(25)19(27)20(28)16(10)21(29)30-15-8-23(4)13-7-22(2,3)6-11(13)18(26)12(9-24)17(15)23/h5,11,13,15,18,24-28H,6-9H2,1-4H3. The molecule has 7 heteroatoms. The summed E-state index contributed by atoms with van der Waals surface area (Å²) in [5.74, 6) is -2.51. The largest absolute Gasteiger partial charge is 0.504 e. The summed E-state index contributed by atoms with van der Waals surface area (Å²) in [6.45, 7) is 7.72. The second-order valence-corrected chi connectivity index (χ2v) is 10.2. The third-order valence-corrected chi connectivity index (χ3v) is 7.63. The molecule has 30 heavy (non-hydrogen) atoms. The van der Waals surface area contributed by atoms with Gasteiger partial charge in [-0.25, -0.2) is 4.79 Å². The van der Waals surface area contributed by atoms with Crippen LogP contribution in [0.1, 0.15) is 56.0 Å². The zero-order valence-corrected chi connectivity index (χ0v) is 17.8. The fourth-order valence-electron chi connectivity index (χ4n) is 6.31. The summed E-state index contributed by atoms with van der Waals surface area (Å²) < 4.78 is 5.67. The molecule has 5 atom stereocenters. The van der Waals surface area contributed by atoms with Crippen molar-refractivity contribution in [1.82, 2.24) is 0 Å². The lowest BCUT2D eigenvalue weighted by Gasteiger charge is -2.57. The predicted octanol–water partition coefficient (Wildman–Crippen LogP) is 2.76. The van der Waals surface area contributed by atoms with E-state index in [0.29, 0.717) is 12.0 Å². The minimum absolute atomic E-state index is 0.0767. The maximum absolute atomic E-state index is 12.8. The number of carbonyl (C=O) groups is 1. The average Bonchev–Trinajstić information content (AvgIpc) is 2.98. The van der Waals surface area contributed by atoms with E-state index in [2.05, 4.69) is 20.8 Å². The highest BCUT2D eigenvalue weighted by Crippen LogP contribution is 2.66. The van der Waals surface area contributed by atoms with Gasteiger partial charge in [-0.1, -0.05) is 20.8 Å². The summed E-state index contributed by atoms with van der Waals surface area (Å²) in [4.78, 5) is 12.8. The maximum atomic E-state index is 12.8. The Balaban J connectivity index is 1.66. The Labute approximate surface area is 175 Å². The third-order valence-electron chi connectivity index (χ3n) is 7.63. The van der Waals surface area contributed by atoms with Crippen LogP contribution in [-0.4, -0.2) is 50.3 Å². The first-order valence-electron chi connectivity index (χ1n) is 10.4. The number of aromatic hydroxyl groups is 3. The van der Waals surface area contributed by atoms with E-state index < -0.39 is 35.4 Å². The van der Waals surface area contributed by atoms with Crippen LogP contribution < -0.4 is 0 Å². The van der Waals surface area contributed by atoms with E-state index in [1.807, 2.05) is 0 Å². The topological polar surface area (TPSA) is 127 Å². The molecular weight excluding hydrogens is 388 g/mol. The second-order valence-electron chi connectivity index (χ2n) is 10.2. The number of aliphatic hydroxyl groups is 2. The Morgan fingerprint density at radius 3 is 2.43 bits per heavy atom. The molecule has 0 aliphatic heterocycles. The maximum Gasteiger partial charge on any atom is 0.342 e. The van der Waals surface area contributed by atoms with Gasteiger partial charge in [-0.3, -0.25) is 0 Å². The lowest BCUT2D eigenvalue weighted by molar-refractivity contribution is -0.0572. The number of aliphatic hydroxyl groups excluding tert-OH is 2. The Hall–Kier alpha value is -2.25. The summed E-state index contributed by atoms with van der Waals surface area (Å²) in [5.41, 5.74) is 1.23. The first kappa shape index (κ1) is 21.0. The molecule has 3 aliphatic rings. The van der Waals surface area contributed by atoms with Crippen LogP contribution in [0.3, 0.4) is 0 Å². The van der Waals surface area contributed by atoms with Crippen LogP contribution in [-0.2, 0) is 4.74 Å². The monoisotopic (exact) mass is 418 g/mol. The Kier molecular flexibility index (Phi) is 4.64. The van der Waals surface area contributed by atoms with E-state index in [9.17, 15) is 30.3 Å². The van der Waals surface area contributed by atoms with Gasteiger partial charge < -0.3 is 30.3 Å². The van der Waals surface area contributed by atoms with Crippen molar-refractivity contribution in [2.45, 2.75) is 59.2 Å². The first-order valence-corrected chi connectivity index (χ1v) is 10.4. The van der Waals surface area contributed by atoms with Crippen molar-refractivity contribution in [3.05, 3.63) is 28.3 Å². The zero-order chi connectivity index (χ0) is 22.2. The van der Waals surface area contributed by atoms with E-state index >= 15 is 0 Å². The number of carbonyl (C=O) groups excluding carboxylic acids is 1. The van der Waals surface area contributed by atoms with Gasteiger partial charge in [-0.05, 0) is 71.6 Å². The van der Waals surface area contributed by atoms with Gasteiger partial charge in [-0.2, -0.15) is 0 Å². The molecule has 0 amide bonds. The van der Waals surface area contributed by atoms with Crippen LogP contribution in [0, 0.1) is 29.6 Å². The lowest BCUT2D eigenvalue weighted by Crippen LogP contribution is -2.56. The molecule has 2 fully saturated rings. The molecule has 0 radical (unpaired) electrons. The van der Waals surface area contributed by atoms with Crippen molar-refractivity contribution in [1.29, 1.82) is 0 Å². The molecule has 0 aromatic heterocycles. The second kappa shape index (κ2) is 6.62. The van der Waals surface area contributed by atoms with E-state index in [1.54, 1.807) is 0 Å². The quantitative estimate of drug-likeness (QED) is 0.290. The number of phenols is 3. The fraction of sp³-hybridized carbons (Fsp3) is 0.609. The molecular formula is C23H30O7. The molecule has 0 saturated heterocycles. The summed E-state index contributed by atoms with van der Waals surface area (Å²) in [7, 11) is 0. The average molecular weight is 418 g/mol. The van der Waals surface area contributed by atoms with Crippen molar-refractivity contribution in [3.63, 3.8) is 0 Å². The van der Waals surface area contributed by atoms with Gasteiger partial charge >= 0.3 is 5.97 Å². The van der Waals surface area contributed by atoms with E-state index in [0.717, 1.165) is 18.4 Å². The summed E-state index contributed by atoms with van der Waals surface area (Å²) in [5, 5.41) is 50.5. The molecule has 0 heterocycles. The van der Waals surface area contributed by atoms with Crippen molar-refractivity contribution in [2.24, 2.45) is 22.7 Å². The molecule has 4 rings (SSSR count). The third kappa shape index (κ3) is 2.82. The SMILES string of the molecule is Cc1cc(O)c(O)c(O)c1C(=O)OC1CC2(C)C1=C(CO)C(O)C1CC(C)(C)CC12.